The maximum absolute atomic E-state index is 12.9. The van der Waals surface area contributed by atoms with Crippen LogP contribution in [0.25, 0.3) is 0 Å². The van der Waals surface area contributed by atoms with E-state index < -0.39 is 23.7 Å². The largest absolute Gasteiger partial charge is 0.508 e. The molecule has 0 bridgehead atoms. The van der Waals surface area contributed by atoms with Crippen molar-refractivity contribution in [1.82, 2.24) is 4.90 Å². The van der Waals surface area contributed by atoms with Crippen LogP contribution in [0.4, 0.5) is 0 Å². The number of carbonyl (C=O) groups excluding carboxylic acids is 3. The Kier molecular flexibility index (Phi) is 6.44. The van der Waals surface area contributed by atoms with Crippen LogP contribution < -0.4 is 0 Å². The van der Waals surface area contributed by atoms with Crippen molar-refractivity contribution in [2.45, 2.75) is 32.9 Å². The highest BCUT2D eigenvalue weighted by atomic mass is 16.5. The standard InChI is InChI=1S/C24H25NO6/c1-14(2)11-19(27)20-21(17-5-4-6-18(26)12-17)25(23(29)22(20)28)13-15-7-9-16(10-8-15)24(30)31-3/h4-10,12,14,21,26,28H,11,13H2,1-3H3. The molecule has 2 aromatic carbocycles. The maximum Gasteiger partial charge on any atom is 0.337 e. The quantitative estimate of drug-likeness (QED) is 0.658. The number of phenolic OH excluding ortho intramolecular Hbond substituents is 1. The topological polar surface area (TPSA) is 104 Å². The van der Waals surface area contributed by atoms with Gasteiger partial charge in [-0.3, -0.25) is 9.59 Å². The van der Waals surface area contributed by atoms with E-state index in [-0.39, 0.29) is 36.0 Å². The van der Waals surface area contributed by atoms with Gasteiger partial charge < -0.3 is 19.8 Å². The highest BCUT2D eigenvalue weighted by Crippen LogP contribution is 2.40. The van der Waals surface area contributed by atoms with Gasteiger partial charge in [-0.2, -0.15) is 0 Å². The van der Waals surface area contributed by atoms with Gasteiger partial charge in [-0.1, -0.05) is 38.1 Å². The summed E-state index contributed by atoms with van der Waals surface area (Å²) < 4.78 is 4.69. The zero-order valence-corrected chi connectivity index (χ0v) is 17.7. The zero-order valence-electron chi connectivity index (χ0n) is 17.7. The van der Waals surface area contributed by atoms with Crippen molar-refractivity contribution in [2.75, 3.05) is 7.11 Å². The first-order valence-electron chi connectivity index (χ1n) is 9.96. The minimum absolute atomic E-state index is 0.00521. The number of phenols is 1. The molecule has 0 aromatic heterocycles. The molecular weight excluding hydrogens is 398 g/mol. The molecule has 162 valence electrons. The van der Waals surface area contributed by atoms with E-state index in [4.69, 9.17) is 4.74 Å². The lowest BCUT2D eigenvalue weighted by Gasteiger charge is -2.27. The number of rotatable bonds is 7. The van der Waals surface area contributed by atoms with Crippen LogP contribution in [0, 0.1) is 5.92 Å². The van der Waals surface area contributed by atoms with E-state index in [1.807, 2.05) is 13.8 Å². The van der Waals surface area contributed by atoms with Crippen LogP contribution in [0.2, 0.25) is 0 Å². The fourth-order valence-electron chi connectivity index (χ4n) is 3.68. The number of aliphatic hydroxyl groups is 1. The minimum Gasteiger partial charge on any atom is -0.508 e. The molecule has 7 nitrogen and oxygen atoms in total. The van der Waals surface area contributed by atoms with Crippen LogP contribution in [0.1, 0.15) is 47.8 Å². The first-order valence-corrected chi connectivity index (χ1v) is 9.96. The number of esters is 1. The van der Waals surface area contributed by atoms with E-state index in [0.29, 0.717) is 16.7 Å². The second kappa shape index (κ2) is 9.04. The lowest BCUT2D eigenvalue weighted by Crippen LogP contribution is -2.30. The molecule has 0 saturated heterocycles. The molecule has 2 N–H and O–H groups in total. The van der Waals surface area contributed by atoms with Gasteiger partial charge >= 0.3 is 5.97 Å². The van der Waals surface area contributed by atoms with Crippen LogP contribution >= 0.6 is 0 Å². The summed E-state index contributed by atoms with van der Waals surface area (Å²) in [5.41, 5.74) is 1.64. The summed E-state index contributed by atoms with van der Waals surface area (Å²) in [6.07, 6.45) is 0.184. The summed E-state index contributed by atoms with van der Waals surface area (Å²) in [6.45, 7) is 3.87. The Bertz CT molecular complexity index is 1040. The fraction of sp³-hybridized carbons (Fsp3) is 0.292. The third-order valence-electron chi connectivity index (χ3n) is 5.11. The number of methoxy groups -OCH3 is 1. The van der Waals surface area contributed by atoms with Gasteiger partial charge in [0, 0.05) is 13.0 Å². The first-order chi connectivity index (χ1) is 14.7. The Morgan fingerprint density at radius 1 is 1.10 bits per heavy atom. The lowest BCUT2D eigenvalue weighted by atomic mass is 9.92. The number of aliphatic hydroxyl groups excluding tert-OH is 1. The molecule has 0 aliphatic carbocycles. The third kappa shape index (κ3) is 4.60. The SMILES string of the molecule is COC(=O)c1ccc(CN2C(=O)C(O)=C(C(=O)CC(C)C)C2c2cccc(O)c2)cc1. The third-order valence-corrected chi connectivity index (χ3v) is 5.11. The molecule has 1 unspecified atom stereocenters. The van der Waals surface area contributed by atoms with Gasteiger partial charge in [0.15, 0.2) is 11.5 Å². The number of ether oxygens (including phenoxy) is 1. The van der Waals surface area contributed by atoms with Crippen molar-refractivity contribution in [3.8, 4) is 5.75 Å². The summed E-state index contributed by atoms with van der Waals surface area (Å²) in [4.78, 5) is 38.9. The van der Waals surface area contributed by atoms with E-state index >= 15 is 0 Å². The number of carbonyl (C=O) groups is 3. The van der Waals surface area contributed by atoms with E-state index in [2.05, 4.69) is 0 Å². The molecule has 1 heterocycles. The Labute approximate surface area is 180 Å². The lowest BCUT2D eigenvalue weighted by molar-refractivity contribution is -0.130. The number of Topliss-reactive ketones (excluding diaryl/α,β-unsaturated/α-hetero) is 1. The molecule has 3 rings (SSSR count). The van der Waals surface area contributed by atoms with Gasteiger partial charge in [0.25, 0.3) is 5.91 Å². The van der Waals surface area contributed by atoms with Gasteiger partial charge in [-0.25, -0.2) is 4.79 Å². The van der Waals surface area contributed by atoms with Crippen LogP contribution in [-0.2, 0) is 20.9 Å². The predicted octanol–water partition coefficient (Wildman–Crippen LogP) is 3.69. The van der Waals surface area contributed by atoms with Crippen molar-refractivity contribution in [3.05, 3.63) is 76.6 Å². The Balaban J connectivity index is 1.99. The molecule has 0 fully saturated rings. The van der Waals surface area contributed by atoms with Crippen LogP contribution in [0.5, 0.6) is 5.75 Å². The molecule has 1 atom stereocenters. The molecule has 2 aromatic rings. The van der Waals surface area contributed by atoms with E-state index in [0.717, 1.165) is 0 Å². The molecule has 31 heavy (non-hydrogen) atoms. The Hall–Kier alpha value is -3.61. The number of hydrogen-bond acceptors (Lipinski definition) is 6. The highest BCUT2D eigenvalue weighted by Gasteiger charge is 2.43. The number of ketones is 1. The molecule has 0 radical (unpaired) electrons. The smallest absolute Gasteiger partial charge is 0.337 e. The summed E-state index contributed by atoms with van der Waals surface area (Å²) >= 11 is 0. The minimum atomic E-state index is -0.828. The Morgan fingerprint density at radius 2 is 1.77 bits per heavy atom. The zero-order chi connectivity index (χ0) is 22.7. The maximum atomic E-state index is 12.9. The van der Waals surface area contributed by atoms with Gasteiger partial charge in [0.2, 0.25) is 0 Å². The van der Waals surface area contributed by atoms with Crippen LogP contribution in [0.3, 0.4) is 0 Å². The predicted molar refractivity (Wildman–Crippen MR) is 113 cm³/mol. The number of aromatic hydroxyl groups is 1. The Morgan fingerprint density at radius 3 is 2.35 bits per heavy atom. The second-order valence-electron chi connectivity index (χ2n) is 7.90. The van der Waals surface area contributed by atoms with Crippen molar-refractivity contribution in [1.29, 1.82) is 0 Å². The van der Waals surface area contributed by atoms with Gasteiger partial charge in [-0.05, 0) is 41.3 Å². The second-order valence-corrected chi connectivity index (χ2v) is 7.90. The van der Waals surface area contributed by atoms with Gasteiger partial charge in [0.05, 0.1) is 24.3 Å². The van der Waals surface area contributed by atoms with E-state index in [1.165, 1.54) is 24.1 Å². The molecule has 1 amide bonds. The first kappa shape index (κ1) is 22.1. The van der Waals surface area contributed by atoms with Crippen molar-refractivity contribution >= 4 is 17.7 Å². The van der Waals surface area contributed by atoms with E-state index in [1.54, 1.807) is 36.4 Å². The number of benzene rings is 2. The summed E-state index contributed by atoms with van der Waals surface area (Å²) in [7, 11) is 1.29. The number of amides is 1. The molecule has 7 heteroatoms. The van der Waals surface area contributed by atoms with Crippen LogP contribution in [-0.4, -0.2) is 39.9 Å². The van der Waals surface area contributed by atoms with Gasteiger partial charge in [0.1, 0.15) is 5.75 Å². The molecular formula is C24H25NO6. The average Bonchev–Trinajstić information content (AvgIpc) is 2.98. The van der Waals surface area contributed by atoms with E-state index in [9.17, 15) is 24.6 Å². The summed E-state index contributed by atoms with van der Waals surface area (Å²) in [6, 6.07) is 12.0. The molecule has 0 saturated carbocycles. The molecule has 0 spiro atoms. The highest BCUT2D eigenvalue weighted by molar-refractivity contribution is 6.09. The van der Waals surface area contributed by atoms with Crippen molar-refractivity contribution < 1.29 is 29.3 Å². The number of hydrogen-bond donors (Lipinski definition) is 2. The summed E-state index contributed by atoms with van der Waals surface area (Å²) in [5.74, 6) is -1.95. The summed E-state index contributed by atoms with van der Waals surface area (Å²) in [5, 5.41) is 20.5. The molecule has 1 aliphatic rings. The normalized spacial score (nSPS) is 16.2. The van der Waals surface area contributed by atoms with Crippen molar-refractivity contribution in [2.24, 2.45) is 5.92 Å². The molecule has 1 aliphatic heterocycles. The monoisotopic (exact) mass is 423 g/mol. The average molecular weight is 423 g/mol. The number of nitrogens with zero attached hydrogens (tertiary/aromatic N) is 1. The van der Waals surface area contributed by atoms with Crippen LogP contribution in [0.15, 0.2) is 59.9 Å². The van der Waals surface area contributed by atoms with Crippen molar-refractivity contribution in [3.63, 3.8) is 0 Å². The van der Waals surface area contributed by atoms with Gasteiger partial charge in [-0.15, -0.1) is 0 Å². The fourth-order valence-corrected chi connectivity index (χ4v) is 3.68.